The zero-order valence-corrected chi connectivity index (χ0v) is 10.8. The predicted octanol–water partition coefficient (Wildman–Crippen LogP) is 0.220. The largest absolute Gasteiger partial charge is 0.354 e. The zero-order valence-electron chi connectivity index (χ0n) is 10.8. The highest BCUT2D eigenvalue weighted by Crippen LogP contribution is 2.26. The lowest BCUT2D eigenvalue weighted by Gasteiger charge is -2.14. The molecule has 6 heteroatoms. The van der Waals surface area contributed by atoms with Crippen molar-refractivity contribution in [3.05, 3.63) is 12.2 Å². The quantitative estimate of drug-likeness (QED) is 0.784. The minimum Gasteiger partial charge on any atom is -0.354 e. The van der Waals surface area contributed by atoms with Crippen LogP contribution in [0.25, 0.3) is 0 Å². The zero-order chi connectivity index (χ0) is 13.0. The number of nitrogens with two attached hydrogens (primary N) is 1. The number of rotatable bonds is 5. The van der Waals surface area contributed by atoms with E-state index >= 15 is 0 Å². The van der Waals surface area contributed by atoms with Gasteiger partial charge in [-0.1, -0.05) is 6.42 Å². The van der Waals surface area contributed by atoms with E-state index in [-0.39, 0.29) is 11.9 Å². The van der Waals surface area contributed by atoms with Gasteiger partial charge in [0.2, 0.25) is 5.91 Å². The number of aryl methyl sites for hydroxylation is 1. The van der Waals surface area contributed by atoms with E-state index in [4.69, 9.17) is 5.73 Å². The molecule has 6 nitrogen and oxygen atoms in total. The Labute approximate surface area is 107 Å². The second-order valence-electron chi connectivity index (χ2n) is 4.98. The molecular weight excluding hydrogens is 230 g/mol. The number of nitrogens with one attached hydrogen (secondary N) is 1. The van der Waals surface area contributed by atoms with Gasteiger partial charge in [-0.2, -0.15) is 0 Å². The summed E-state index contributed by atoms with van der Waals surface area (Å²) in [6.45, 7) is 3.22. The monoisotopic (exact) mass is 251 g/mol. The molecule has 2 atom stereocenters. The van der Waals surface area contributed by atoms with Crippen LogP contribution in [-0.4, -0.2) is 33.3 Å². The van der Waals surface area contributed by atoms with Crippen LogP contribution in [0.5, 0.6) is 0 Å². The highest BCUT2D eigenvalue weighted by atomic mass is 16.1. The lowest BCUT2D eigenvalue weighted by atomic mass is 10.00. The SMILES string of the molecule is Cc1nncn1CCNC(=O)C[C@@H]1CCC[C@H]1N. The number of nitrogens with zero attached hydrogens (tertiary/aromatic N) is 3. The van der Waals surface area contributed by atoms with Crippen LogP contribution in [0.3, 0.4) is 0 Å². The molecule has 0 spiro atoms. The Morgan fingerprint density at radius 2 is 2.44 bits per heavy atom. The standard InChI is InChI=1S/C12H21N5O/c1-9-16-15-8-17(9)6-5-14-12(18)7-10-3-2-4-11(10)13/h8,10-11H,2-7,13H2,1H3,(H,14,18)/t10-,11+/m0/s1. The van der Waals surface area contributed by atoms with Crippen molar-refractivity contribution < 1.29 is 4.79 Å². The molecule has 0 saturated heterocycles. The summed E-state index contributed by atoms with van der Waals surface area (Å²) in [6, 6.07) is 0.204. The number of carbonyl (C=O) groups is 1. The third kappa shape index (κ3) is 3.29. The van der Waals surface area contributed by atoms with Gasteiger partial charge in [0.25, 0.3) is 0 Å². The summed E-state index contributed by atoms with van der Waals surface area (Å²) in [6.07, 6.45) is 5.52. The summed E-state index contributed by atoms with van der Waals surface area (Å²) in [5, 5.41) is 10.6. The molecule has 0 radical (unpaired) electrons. The third-order valence-electron chi connectivity index (χ3n) is 3.65. The van der Waals surface area contributed by atoms with Crippen molar-refractivity contribution in [2.24, 2.45) is 11.7 Å². The van der Waals surface area contributed by atoms with E-state index in [2.05, 4.69) is 15.5 Å². The molecule has 1 fully saturated rings. The highest BCUT2D eigenvalue weighted by Gasteiger charge is 2.25. The van der Waals surface area contributed by atoms with Crippen molar-refractivity contribution in [2.45, 2.75) is 45.2 Å². The molecule has 1 aromatic heterocycles. The Hall–Kier alpha value is -1.43. The molecular formula is C12H21N5O. The van der Waals surface area contributed by atoms with Gasteiger partial charge in [-0.25, -0.2) is 0 Å². The summed E-state index contributed by atoms with van der Waals surface area (Å²) < 4.78 is 1.92. The number of hydrogen-bond acceptors (Lipinski definition) is 4. The first-order chi connectivity index (χ1) is 8.66. The minimum atomic E-state index is 0.100. The second-order valence-corrected chi connectivity index (χ2v) is 4.98. The van der Waals surface area contributed by atoms with Gasteiger partial charge in [0.05, 0.1) is 0 Å². The van der Waals surface area contributed by atoms with Gasteiger partial charge in [0, 0.05) is 25.6 Å². The van der Waals surface area contributed by atoms with Crippen LogP contribution in [-0.2, 0) is 11.3 Å². The van der Waals surface area contributed by atoms with E-state index in [1.165, 1.54) is 0 Å². The fraction of sp³-hybridized carbons (Fsp3) is 0.750. The molecule has 0 unspecified atom stereocenters. The van der Waals surface area contributed by atoms with Crippen LogP contribution in [0.4, 0.5) is 0 Å². The van der Waals surface area contributed by atoms with Gasteiger partial charge in [-0.3, -0.25) is 4.79 Å². The van der Waals surface area contributed by atoms with Crippen molar-refractivity contribution in [2.75, 3.05) is 6.54 Å². The second kappa shape index (κ2) is 5.95. The molecule has 1 heterocycles. The van der Waals surface area contributed by atoms with Crippen LogP contribution in [0, 0.1) is 12.8 Å². The van der Waals surface area contributed by atoms with Crippen LogP contribution in [0.2, 0.25) is 0 Å². The lowest BCUT2D eigenvalue weighted by molar-refractivity contribution is -0.122. The van der Waals surface area contributed by atoms with Crippen molar-refractivity contribution in [1.29, 1.82) is 0 Å². The predicted molar refractivity (Wildman–Crippen MR) is 67.7 cm³/mol. The van der Waals surface area contributed by atoms with E-state index in [1.54, 1.807) is 6.33 Å². The van der Waals surface area contributed by atoms with Gasteiger partial charge in [-0.15, -0.1) is 10.2 Å². The van der Waals surface area contributed by atoms with E-state index in [0.29, 0.717) is 25.4 Å². The first-order valence-electron chi connectivity index (χ1n) is 6.53. The molecule has 2 rings (SSSR count). The number of aromatic nitrogens is 3. The smallest absolute Gasteiger partial charge is 0.220 e. The summed E-state index contributed by atoms with van der Waals surface area (Å²) in [4.78, 5) is 11.8. The van der Waals surface area contributed by atoms with Gasteiger partial charge < -0.3 is 15.6 Å². The summed E-state index contributed by atoms with van der Waals surface area (Å²) in [5.74, 6) is 1.33. The maximum atomic E-state index is 11.8. The Morgan fingerprint density at radius 3 is 3.06 bits per heavy atom. The molecule has 0 aromatic carbocycles. The maximum Gasteiger partial charge on any atom is 0.220 e. The number of carbonyl (C=O) groups excluding carboxylic acids is 1. The van der Waals surface area contributed by atoms with Crippen LogP contribution in [0.15, 0.2) is 6.33 Å². The fourth-order valence-electron chi connectivity index (χ4n) is 2.48. The van der Waals surface area contributed by atoms with Crippen LogP contribution >= 0.6 is 0 Å². The molecule has 100 valence electrons. The number of amides is 1. The third-order valence-corrected chi connectivity index (χ3v) is 3.65. The van der Waals surface area contributed by atoms with Crippen molar-refractivity contribution in [1.82, 2.24) is 20.1 Å². The summed E-state index contributed by atoms with van der Waals surface area (Å²) in [7, 11) is 0. The van der Waals surface area contributed by atoms with E-state index in [1.807, 2.05) is 11.5 Å². The Kier molecular flexibility index (Phi) is 4.30. The Balaban J connectivity index is 1.67. The van der Waals surface area contributed by atoms with Gasteiger partial charge in [0.15, 0.2) is 0 Å². The molecule has 1 amide bonds. The molecule has 0 bridgehead atoms. The van der Waals surface area contributed by atoms with E-state index < -0.39 is 0 Å². The fourth-order valence-corrected chi connectivity index (χ4v) is 2.48. The molecule has 1 aliphatic rings. The number of hydrogen-bond donors (Lipinski definition) is 2. The first-order valence-corrected chi connectivity index (χ1v) is 6.53. The summed E-state index contributed by atoms with van der Waals surface area (Å²) >= 11 is 0. The normalized spacial score (nSPS) is 23.2. The van der Waals surface area contributed by atoms with E-state index in [9.17, 15) is 4.79 Å². The summed E-state index contributed by atoms with van der Waals surface area (Å²) in [5.41, 5.74) is 5.95. The minimum absolute atomic E-state index is 0.100. The van der Waals surface area contributed by atoms with Gasteiger partial charge in [0.1, 0.15) is 12.2 Å². The average molecular weight is 251 g/mol. The van der Waals surface area contributed by atoms with Gasteiger partial charge in [-0.05, 0) is 25.7 Å². The van der Waals surface area contributed by atoms with E-state index in [0.717, 1.165) is 25.1 Å². The highest BCUT2D eigenvalue weighted by molar-refractivity contribution is 5.76. The van der Waals surface area contributed by atoms with Gasteiger partial charge >= 0.3 is 0 Å². The lowest BCUT2D eigenvalue weighted by Crippen LogP contribution is -2.33. The van der Waals surface area contributed by atoms with Crippen LogP contribution < -0.4 is 11.1 Å². The van der Waals surface area contributed by atoms with Crippen molar-refractivity contribution >= 4 is 5.91 Å². The maximum absolute atomic E-state index is 11.8. The van der Waals surface area contributed by atoms with Crippen molar-refractivity contribution in [3.8, 4) is 0 Å². The average Bonchev–Trinajstić information content (AvgIpc) is 2.90. The molecule has 0 aliphatic heterocycles. The first kappa shape index (κ1) is 13.0. The Morgan fingerprint density at radius 1 is 1.61 bits per heavy atom. The Bertz CT molecular complexity index is 403. The molecule has 1 aliphatic carbocycles. The molecule has 3 N–H and O–H groups in total. The van der Waals surface area contributed by atoms with Crippen LogP contribution in [0.1, 0.15) is 31.5 Å². The molecule has 1 saturated carbocycles. The molecule has 18 heavy (non-hydrogen) atoms. The topological polar surface area (TPSA) is 85.8 Å². The molecule has 1 aromatic rings. The van der Waals surface area contributed by atoms with Crippen molar-refractivity contribution in [3.63, 3.8) is 0 Å².